The molecule has 17 heavy (non-hydrogen) atoms. The molecule has 92 valence electrons. The van der Waals surface area contributed by atoms with E-state index in [1.807, 2.05) is 0 Å². The molecule has 2 heteroatoms. The number of rotatable bonds is 3. The summed E-state index contributed by atoms with van der Waals surface area (Å²) in [5.74, 6) is 3.68. The van der Waals surface area contributed by atoms with Crippen LogP contribution in [0, 0.1) is 0 Å². The van der Waals surface area contributed by atoms with E-state index in [9.17, 15) is 0 Å². The van der Waals surface area contributed by atoms with Gasteiger partial charge >= 0.3 is 18.9 Å². The maximum Gasteiger partial charge on any atom is 1.00 e. The van der Waals surface area contributed by atoms with Gasteiger partial charge in [0, 0.05) is 0 Å². The fourth-order valence-corrected chi connectivity index (χ4v) is 5.86. The maximum atomic E-state index is 1.62. The fraction of sp³-hybridized carbons (Fsp3) is 1.00. The van der Waals surface area contributed by atoms with E-state index in [1.165, 1.54) is 17.5 Å². The second-order valence-electron chi connectivity index (χ2n) is 7.16. The minimum atomic E-state index is 0. The van der Waals surface area contributed by atoms with Crippen LogP contribution in [0.5, 0.6) is 0 Å². The summed E-state index contributed by atoms with van der Waals surface area (Å²) in [4.78, 5) is 0. The van der Waals surface area contributed by atoms with Crippen LogP contribution in [0.25, 0.3) is 0 Å². The molecular weight excluding hydrogens is 198 g/mol. The van der Waals surface area contributed by atoms with Gasteiger partial charge in [0.05, 0.1) is 0 Å². The molecule has 0 saturated heterocycles. The van der Waals surface area contributed by atoms with Crippen LogP contribution in [0.4, 0.5) is 0 Å². The number of hydrogen-bond acceptors (Lipinski definition) is 0. The molecule has 0 aromatic rings. The van der Waals surface area contributed by atoms with Gasteiger partial charge in [-0.05, 0) is 6.71 Å². The van der Waals surface area contributed by atoms with Gasteiger partial charge < -0.3 is 0 Å². The van der Waals surface area contributed by atoms with E-state index in [1.54, 1.807) is 77.0 Å². The van der Waals surface area contributed by atoms with Crippen LogP contribution in [0.2, 0.25) is 17.5 Å². The first-order valence-electron chi connectivity index (χ1n) is 8.17. The van der Waals surface area contributed by atoms with Crippen LogP contribution >= 0.6 is 0 Å². The van der Waals surface area contributed by atoms with Gasteiger partial charge in [0.1, 0.15) is 0 Å². The summed E-state index contributed by atoms with van der Waals surface area (Å²) in [5.41, 5.74) is 0. The monoisotopic (exact) mass is 226 g/mol. The third-order valence-corrected chi connectivity index (χ3v) is 6.42. The zero-order valence-electron chi connectivity index (χ0n) is 11.9. The molecule has 3 saturated carbocycles. The van der Waals surface area contributed by atoms with Crippen LogP contribution in [-0.4, -0.2) is 6.71 Å². The molecule has 3 fully saturated rings. The van der Waals surface area contributed by atoms with Gasteiger partial charge in [-0.3, -0.25) is 0 Å². The van der Waals surface area contributed by atoms with Crippen molar-refractivity contribution in [3.8, 4) is 0 Å². The van der Waals surface area contributed by atoms with Gasteiger partial charge in [0.15, 0.2) is 0 Å². The SMILES string of the molecule is C1CCC([BH-](C2CCCC2)C2CCCC2)C1.[Li+]. The number of hydrogen-bond donors (Lipinski definition) is 0. The topological polar surface area (TPSA) is 0 Å². The molecule has 0 atom stereocenters. The van der Waals surface area contributed by atoms with Crippen molar-refractivity contribution in [1.29, 1.82) is 0 Å². The van der Waals surface area contributed by atoms with Crippen LogP contribution in [0.15, 0.2) is 0 Å². The molecule has 3 aliphatic rings. The normalized spacial score (nSPS) is 28.1. The molecular formula is C15H28BLi. The van der Waals surface area contributed by atoms with Crippen LogP contribution < -0.4 is 18.9 Å². The van der Waals surface area contributed by atoms with Gasteiger partial charge in [0.2, 0.25) is 0 Å². The molecule has 0 aromatic heterocycles. The molecule has 0 heterocycles. The van der Waals surface area contributed by atoms with Gasteiger partial charge in [-0.25, -0.2) is 0 Å². The average molecular weight is 226 g/mol. The minimum absolute atomic E-state index is 0. The largest absolute Gasteiger partial charge is 1.00 e. The first-order valence-corrected chi connectivity index (χ1v) is 8.17. The van der Waals surface area contributed by atoms with Crippen LogP contribution in [0.3, 0.4) is 0 Å². The summed E-state index contributed by atoms with van der Waals surface area (Å²) in [6, 6.07) is 0. The molecule has 0 nitrogen and oxygen atoms in total. The molecule has 0 unspecified atom stereocenters. The van der Waals surface area contributed by atoms with E-state index in [-0.39, 0.29) is 25.6 Å². The zero-order chi connectivity index (χ0) is 10.8. The summed E-state index contributed by atoms with van der Waals surface area (Å²) in [6.07, 6.45) is 19.1. The Morgan fingerprint density at radius 3 is 0.941 bits per heavy atom. The average Bonchev–Trinajstić information content (AvgIpc) is 3.02. The molecule has 0 N–H and O–H groups in total. The predicted octanol–water partition coefficient (Wildman–Crippen LogP) is 2.05. The summed E-state index contributed by atoms with van der Waals surface area (Å²) < 4.78 is 0. The Hall–Kier alpha value is 0.662. The van der Waals surface area contributed by atoms with Crippen molar-refractivity contribution in [3.05, 3.63) is 0 Å². The molecule has 3 rings (SSSR count). The van der Waals surface area contributed by atoms with Crippen molar-refractivity contribution in [2.75, 3.05) is 0 Å². The standard InChI is InChI=1S/C15H28B.Li/c1-2-8-13(7-1)16(14-9-3-4-10-14)15-11-5-6-12-15;/h13-16H,1-12H2;/q-1;+1. The third kappa shape index (κ3) is 3.16. The third-order valence-electron chi connectivity index (χ3n) is 6.42. The van der Waals surface area contributed by atoms with E-state index in [2.05, 4.69) is 0 Å². The van der Waals surface area contributed by atoms with Gasteiger partial charge in [-0.15, -0.1) is 0 Å². The molecule has 0 aliphatic heterocycles. The summed E-state index contributed by atoms with van der Waals surface area (Å²) in [7, 11) is 0. The molecule has 0 radical (unpaired) electrons. The van der Waals surface area contributed by atoms with Gasteiger partial charge in [0.25, 0.3) is 0 Å². The Morgan fingerprint density at radius 1 is 0.471 bits per heavy atom. The van der Waals surface area contributed by atoms with Crippen molar-refractivity contribution in [3.63, 3.8) is 0 Å². The second-order valence-corrected chi connectivity index (χ2v) is 7.16. The van der Waals surface area contributed by atoms with Crippen molar-refractivity contribution in [2.24, 2.45) is 0 Å². The Bertz CT molecular complexity index is 175. The van der Waals surface area contributed by atoms with E-state index in [0.29, 0.717) is 0 Å². The molecule has 0 bridgehead atoms. The Kier molecular flexibility index (Phi) is 5.57. The van der Waals surface area contributed by atoms with Crippen molar-refractivity contribution < 1.29 is 18.9 Å². The first kappa shape index (κ1) is 14.1. The van der Waals surface area contributed by atoms with Crippen LogP contribution in [0.1, 0.15) is 77.0 Å². The predicted molar refractivity (Wildman–Crippen MR) is 73.8 cm³/mol. The fourth-order valence-electron chi connectivity index (χ4n) is 5.86. The Labute approximate surface area is 120 Å². The maximum absolute atomic E-state index is 1.62. The van der Waals surface area contributed by atoms with E-state index >= 15 is 0 Å². The van der Waals surface area contributed by atoms with Crippen molar-refractivity contribution >= 4 is 6.71 Å². The Balaban J connectivity index is 0.00000108. The molecule has 0 spiro atoms. The smallest absolute Gasteiger partial charge is 0.169 e. The van der Waals surface area contributed by atoms with E-state index in [0.717, 1.165) is 0 Å². The first-order chi connectivity index (χ1) is 7.95. The molecule has 0 aromatic carbocycles. The molecule has 3 aliphatic carbocycles. The van der Waals surface area contributed by atoms with Crippen molar-refractivity contribution in [1.82, 2.24) is 0 Å². The van der Waals surface area contributed by atoms with E-state index in [4.69, 9.17) is 0 Å². The van der Waals surface area contributed by atoms with Crippen LogP contribution in [-0.2, 0) is 0 Å². The quantitative estimate of drug-likeness (QED) is 0.646. The van der Waals surface area contributed by atoms with Crippen molar-refractivity contribution in [2.45, 2.75) is 94.5 Å². The second kappa shape index (κ2) is 6.72. The summed E-state index contributed by atoms with van der Waals surface area (Å²) >= 11 is 0. The molecule has 0 amide bonds. The van der Waals surface area contributed by atoms with Gasteiger partial charge in [-0.2, -0.15) is 17.5 Å². The van der Waals surface area contributed by atoms with Gasteiger partial charge in [-0.1, -0.05) is 77.0 Å². The van der Waals surface area contributed by atoms with E-state index < -0.39 is 0 Å². The zero-order valence-corrected chi connectivity index (χ0v) is 11.9. The summed E-state index contributed by atoms with van der Waals surface area (Å²) in [5, 5.41) is 0. The summed E-state index contributed by atoms with van der Waals surface area (Å²) in [6.45, 7) is 0.229. The minimum Gasteiger partial charge on any atom is -0.169 e. The Morgan fingerprint density at radius 2 is 0.706 bits per heavy atom.